The van der Waals surface area contributed by atoms with Crippen LogP contribution in [0.5, 0.6) is 0 Å². The van der Waals surface area contributed by atoms with Crippen LogP contribution in [0.3, 0.4) is 0 Å². The van der Waals surface area contributed by atoms with Crippen molar-refractivity contribution >= 4 is 11.3 Å². The number of aliphatic hydroxyl groups is 1. The van der Waals surface area contributed by atoms with Gasteiger partial charge in [0.25, 0.3) is 0 Å². The highest BCUT2D eigenvalue weighted by Crippen LogP contribution is 2.27. The van der Waals surface area contributed by atoms with E-state index in [-0.39, 0.29) is 0 Å². The van der Waals surface area contributed by atoms with Crippen LogP contribution in [0.2, 0.25) is 0 Å². The molecule has 2 aromatic heterocycles. The monoisotopic (exact) mass is 222 g/mol. The maximum Gasteiger partial charge on any atom is 0.116 e. The lowest BCUT2D eigenvalue weighted by molar-refractivity contribution is 0.223. The van der Waals surface area contributed by atoms with Crippen LogP contribution in [0.4, 0.5) is 0 Å². The molecule has 3 nitrogen and oxygen atoms in total. The molecule has 2 aromatic rings. The lowest BCUT2D eigenvalue weighted by atomic mass is 10.1. The Kier molecular flexibility index (Phi) is 2.88. The van der Waals surface area contributed by atoms with Crippen LogP contribution in [0, 0.1) is 0 Å². The first-order chi connectivity index (χ1) is 7.22. The number of aromatic nitrogens is 2. The van der Waals surface area contributed by atoms with Crippen LogP contribution in [0.25, 0.3) is 0 Å². The van der Waals surface area contributed by atoms with E-state index < -0.39 is 6.10 Å². The summed E-state index contributed by atoms with van der Waals surface area (Å²) in [4.78, 5) is 0.970. The maximum atomic E-state index is 10.2. The third-order valence-corrected chi connectivity index (χ3v) is 3.30. The molecule has 0 aliphatic heterocycles. The zero-order valence-electron chi connectivity index (χ0n) is 8.84. The van der Waals surface area contributed by atoms with Gasteiger partial charge in [0.15, 0.2) is 0 Å². The normalized spacial score (nSPS) is 13.0. The van der Waals surface area contributed by atoms with Crippen LogP contribution in [0.15, 0.2) is 23.7 Å². The van der Waals surface area contributed by atoms with Crippen molar-refractivity contribution in [3.8, 4) is 0 Å². The Balaban J connectivity index is 2.36. The molecule has 1 atom stereocenters. The zero-order valence-corrected chi connectivity index (χ0v) is 9.66. The van der Waals surface area contributed by atoms with Crippen molar-refractivity contribution in [2.24, 2.45) is 7.05 Å². The number of aliphatic hydroxyl groups excluding tert-OH is 1. The predicted molar refractivity (Wildman–Crippen MR) is 61.0 cm³/mol. The number of aryl methyl sites for hydroxylation is 2. The zero-order chi connectivity index (χ0) is 10.8. The smallest absolute Gasteiger partial charge is 0.116 e. The van der Waals surface area contributed by atoms with Gasteiger partial charge in [-0.25, -0.2) is 0 Å². The summed E-state index contributed by atoms with van der Waals surface area (Å²) in [6.07, 6.45) is 2.20. The van der Waals surface area contributed by atoms with E-state index in [1.807, 2.05) is 37.7 Å². The van der Waals surface area contributed by atoms with Crippen LogP contribution < -0.4 is 0 Å². The highest BCUT2D eigenvalue weighted by molar-refractivity contribution is 7.10. The number of thiophene rings is 1. The molecule has 1 unspecified atom stereocenters. The van der Waals surface area contributed by atoms with Gasteiger partial charge in [0.05, 0.1) is 5.69 Å². The Bertz CT molecular complexity index is 433. The minimum absolute atomic E-state index is 0.534. The third-order valence-electron chi connectivity index (χ3n) is 2.38. The van der Waals surface area contributed by atoms with Crippen LogP contribution >= 0.6 is 11.3 Å². The molecule has 0 saturated heterocycles. The first-order valence-corrected chi connectivity index (χ1v) is 5.84. The second kappa shape index (κ2) is 4.16. The molecule has 0 fully saturated rings. The summed E-state index contributed by atoms with van der Waals surface area (Å²) in [5.41, 5.74) is 1.89. The molecule has 0 aliphatic carbocycles. The Morgan fingerprint density at radius 1 is 1.60 bits per heavy atom. The molecule has 1 N–H and O–H groups in total. The standard InChI is InChI=1S/C11H14N2OS/c1-3-9-8(7-13(2)12-9)11(14)10-5-4-6-15-10/h4-7,11,14H,3H2,1-2H3. The highest BCUT2D eigenvalue weighted by atomic mass is 32.1. The summed E-state index contributed by atoms with van der Waals surface area (Å²) in [6, 6.07) is 3.90. The van der Waals surface area contributed by atoms with Gasteiger partial charge in [0, 0.05) is 23.7 Å². The summed E-state index contributed by atoms with van der Waals surface area (Å²) in [5.74, 6) is 0. The first-order valence-electron chi connectivity index (χ1n) is 4.96. The van der Waals surface area contributed by atoms with E-state index in [0.717, 1.165) is 22.6 Å². The van der Waals surface area contributed by atoms with Crippen LogP contribution in [-0.2, 0) is 13.5 Å². The van der Waals surface area contributed by atoms with Gasteiger partial charge in [-0.2, -0.15) is 5.10 Å². The van der Waals surface area contributed by atoms with E-state index in [4.69, 9.17) is 0 Å². The number of hydrogen-bond donors (Lipinski definition) is 1. The first kappa shape index (κ1) is 10.4. The van der Waals surface area contributed by atoms with Gasteiger partial charge in [-0.1, -0.05) is 13.0 Å². The molecule has 0 saturated carbocycles. The van der Waals surface area contributed by atoms with Gasteiger partial charge < -0.3 is 5.11 Å². The van der Waals surface area contributed by atoms with E-state index in [1.54, 1.807) is 16.0 Å². The summed E-state index contributed by atoms with van der Waals surface area (Å²) >= 11 is 1.57. The van der Waals surface area contributed by atoms with E-state index in [0.29, 0.717) is 0 Å². The number of rotatable bonds is 3. The molecule has 0 bridgehead atoms. The third kappa shape index (κ3) is 1.96. The molecule has 80 valence electrons. The SMILES string of the molecule is CCc1nn(C)cc1C(O)c1cccs1. The molecule has 0 aromatic carbocycles. The second-order valence-electron chi connectivity index (χ2n) is 3.48. The predicted octanol–water partition coefficient (Wildman–Crippen LogP) is 2.13. The number of hydrogen-bond acceptors (Lipinski definition) is 3. The topological polar surface area (TPSA) is 38.0 Å². The van der Waals surface area contributed by atoms with E-state index >= 15 is 0 Å². The summed E-state index contributed by atoms with van der Waals surface area (Å²) < 4.78 is 1.75. The van der Waals surface area contributed by atoms with E-state index in [9.17, 15) is 5.11 Å². The van der Waals surface area contributed by atoms with Gasteiger partial charge >= 0.3 is 0 Å². The molecule has 0 amide bonds. The van der Waals surface area contributed by atoms with Crippen molar-refractivity contribution < 1.29 is 5.11 Å². The van der Waals surface area contributed by atoms with Crippen molar-refractivity contribution in [2.75, 3.05) is 0 Å². The Hall–Kier alpha value is -1.13. The molecule has 2 rings (SSSR count). The van der Waals surface area contributed by atoms with Gasteiger partial charge in [-0.05, 0) is 17.9 Å². The molecule has 15 heavy (non-hydrogen) atoms. The van der Waals surface area contributed by atoms with E-state index in [1.165, 1.54) is 0 Å². The quantitative estimate of drug-likeness (QED) is 0.864. The van der Waals surface area contributed by atoms with Gasteiger partial charge in [-0.3, -0.25) is 4.68 Å². The summed E-state index contributed by atoms with van der Waals surface area (Å²) in [6.45, 7) is 2.05. The second-order valence-corrected chi connectivity index (χ2v) is 4.46. The van der Waals surface area contributed by atoms with Crippen molar-refractivity contribution in [1.29, 1.82) is 0 Å². The van der Waals surface area contributed by atoms with Gasteiger partial charge in [0.2, 0.25) is 0 Å². The Labute approximate surface area is 93.0 Å². The van der Waals surface area contributed by atoms with Crippen molar-refractivity contribution in [3.63, 3.8) is 0 Å². The van der Waals surface area contributed by atoms with Crippen LogP contribution in [-0.4, -0.2) is 14.9 Å². The minimum Gasteiger partial charge on any atom is -0.383 e. The lowest BCUT2D eigenvalue weighted by Crippen LogP contribution is -1.99. The van der Waals surface area contributed by atoms with E-state index in [2.05, 4.69) is 5.10 Å². The fraction of sp³-hybridized carbons (Fsp3) is 0.364. The molecule has 0 aliphatic rings. The largest absolute Gasteiger partial charge is 0.383 e. The highest BCUT2D eigenvalue weighted by Gasteiger charge is 2.17. The van der Waals surface area contributed by atoms with Crippen molar-refractivity contribution in [2.45, 2.75) is 19.4 Å². The van der Waals surface area contributed by atoms with Crippen LogP contribution in [0.1, 0.15) is 29.2 Å². The molecule has 0 spiro atoms. The molecular formula is C11H14N2OS. The van der Waals surface area contributed by atoms with Gasteiger partial charge in [0.1, 0.15) is 6.10 Å². The average Bonchev–Trinajstić information content (AvgIpc) is 2.84. The van der Waals surface area contributed by atoms with Gasteiger partial charge in [-0.15, -0.1) is 11.3 Å². The van der Waals surface area contributed by atoms with Crippen molar-refractivity contribution in [1.82, 2.24) is 9.78 Å². The molecular weight excluding hydrogens is 208 g/mol. The van der Waals surface area contributed by atoms with Crippen molar-refractivity contribution in [3.05, 3.63) is 39.8 Å². The summed E-state index contributed by atoms with van der Waals surface area (Å²) in [5, 5.41) is 16.5. The Morgan fingerprint density at radius 3 is 3.00 bits per heavy atom. The molecule has 4 heteroatoms. The fourth-order valence-corrected chi connectivity index (χ4v) is 2.38. The molecule has 2 heterocycles. The minimum atomic E-state index is -0.534. The number of nitrogens with zero attached hydrogens (tertiary/aromatic N) is 2. The Morgan fingerprint density at radius 2 is 2.40 bits per heavy atom. The molecule has 0 radical (unpaired) electrons. The maximum absolute atomic E-state index is 10.2. The average molecular weight is 222 g/mol. The lowest BCUT2D eigenvalue weighted by Gasteiger charge is -2.07. The summed E-state index contributed by atoms with van der Waals surface area (Å²) in [7, 11) is 1.88. The fourth-order valence-electron chi connectivity index (χ4n) is 1.66.